The Bertz CT molecular complexity index is 719. The molecule has 0 spiro atoms. The van der Waals surface area contributed by atoms with Gasteiger partial charge >= 0.3 is 0 Å². The zero-order valence-corrected chi connectivity index (χ0v) is 16.2. The fourth-order valence-corrected chi connectivity index (χ4v) is 5.12. The van der Waals surface area contributed by atoms with Gasteiger partial charge in [0.25, 0.3) is 0 Å². The van der Waals surface area contributed by atoms with E-state index in [9.17, 15) is 13.2 Å². The number of rotatable bonds is 5. The highest BCUT2D eigenvalue weighted by atomic mass is 32.2. The first-order chi connectivity index (χ1) is 12.3. The van der Waals surface area contributed by atoms with Gasteiger partial charge < -0.3 is 10.1 Å². The number of morpholine rings is 1. The number of carbonyl (C=O) groups excluding carboxylic acids is 1. The van der Waals surface area contributed by atoms with Gasteiger partial charge in [-0.05, 0) is 51.0 Å². The molecule has 0 saturated carbocycles. The van der Waals surface area contributed by atoms with Crippen LogP contribution in [0.5, 0.6) is 0 Å². The fraction of sp³-hybridized carbons (Fsp3) is 0.611. The van der Waals surface area contributed by atoms with Crippen molar-refractivity contribution in [2.75, 3.05) is 38.0 Å². The zero-order chi connectivity index (χ0) is 18.7. The maximum Gasteiger partial charge on any atom is 0.243 e. The van der Waals surface area contributed by atoms with Crippen molar-refractivity contribution in [3.63, 3.8) is 0 Å². The van der Waals surface area contributed by atoms with Crippen LogP contribution in [-0.2, 0) is 19.6 Å². The molecule has 0 bridgehead atoms. The lowest BCUT2D eigenvalue weighted by molar-refractivity contribution is -0.121. The molecule has 2 aliphatic rings. The Morgan fingerprint density at radius 3 is 2.27 bits per heavy atom. The van der Waals surface area contributed by atoms with Crippen LogP contribution in [0.1, 0.15) is 26.7 Å². The Hall–Kier alpha value is -1.48. The van der Waals surface area contributed by atoms with Gasteiger partial charge in [-0.25, -0.2) is 8.42 Å². The third kappa shape index (κ3) is 4.62. The molecule has 3 rings (SSSR count). The molecule has 2 atom stereocenters. The van der Waals surface area contributed by atoms with Gasteiger partial charge in [0.2, 0.25) is 15.9 Å². The minimum Gasteiger partial charge on any atom is -0.373 e. The number of amides is 1. The van der Waals surface area contributed by atoms with E-state index in [2.05, 4.69) is 10.2 Å². The first-order valence-electron chi connectivity index (χ1n) is 9.12. The van der Waals surface area contributed by atoms with E-state index in [0.29, 0.717) is 25.3 Å². The topological polar surface area (TPSA) is 79.0 Å². The van der Waals surface area contributed by atoms with Gasteiger partial charge in [-0.15, -0.1) is 0 Å². The van der Waals surface area contributed by atoms with Crippen molar-refractivity contribution in [3.8, 4) is 0 Å². The normalized spacial score (nSPS) is 25.3. The predicted octanol–water partition coefficient (Wildman–Crippen LogP) is 1.52. The van der Waals surface area contributed by atoms with Gasteiger partial charge in [0, 0.05) is 31.9 Å². The number of anilines is 1. The van der Waals surface area contributed by atoms with Crippen molar-refractivity contribution in [1.82, 2.24) is 9.21 Å². The standard InChI is InChI=1S/C18H27N3O4S/c1-14-11-20(12-15(2)25-14)13-18(22)19-16-5-7-17(8-6-16)26(23,24)21-9-3-4-10-21/h5-8,14-15H,3-4,9-13H2,1-2H3,(H,19,22)/t14-,15-/m1/s1. The second-order valence-electron chi connectivity index (χ2n) is 7.14. The number of hydrogen-bond acceptors (Lipinski definition) is 5. The highest BCUT2D eigenvalue weighted by Crippen LogP contribution is 2.22. The van der Waals surface area contributed by atoms with Crippen molar-refractivity contribution < 1.29 is 17.9 Å². The van der Waals surface area contributed by atoms with Crippen LogP contribution in [0.3, 0.4) is 0 Å². The number of nitrogens with one attached hydrogen (secondary N) is 1. The lowest BCUT2D eigenvalue weighted by Crippen LogP contribution is -2.48. The molecule has 0 aromatic heterocycles. The maximum atomic E-state index is 12.5. The van der Waals surface area contributed by atoms with E-state index >= 15 is 0 Å². The van der Waals surface area contributed by atoms with Crippen LogP contribution in [0.25, 0.3) is 0 Å². The minimum absolute atomic E-state index is 0.110. The Morgan fingerprint density at radius 1 is 1.12 bits per heavy atom. The molecule has 2 heterocycles. The zero-order valence-electron chi connectivity index (χ0n) is 15.3. The Kier molecular flexibility index (Phi) is 5.96. The highest BCUT2D eigenvalue weighted by molar-refractivity contribution is 7.89. The van der Waals surface area contributed by atoms with Crippen molar-refractivity contribution >= 4 is 21.6 Å². The Labute approximate surface area is 155 Å². The molecule has 2 fully saturated rings. The smallest absolute Gasteiger partial charge is 0.243 e. The molecule has 26 heavy (non-hydrogen) atoms. The minimum atomic E-state index is -3.42. The lowest BCUT2D eigenvalue weighted by atomic mass is 10.2. The number of nitrogens with zero attached hydrogens (tertiary/aromatic N) is 2. The summed E-state index contributed by atoms with van der Waals surface area (Å²) in [7, 11) is -3.42. The molecule has 1 amide bonds. The van der Waals surface area contributed by atoms with Gasteiger partial charge in [-0.2, -0.15) is 4.31 Å². The average molecular weight is 381 g/mol. The van der Waals surface area contributed by atoms with Crippen LogP contribution in [0.2, 0.25) is 0 Å². The largest absolute Gasteiger partial charge is 0.373 e. The fourth-order valence-electron chi connectivity index (χ4n) is 3.60. The van der Waals surface area contributed by atoms with Crippen LogP contribution >= 0.6 is 0 Å². The van der Waals surface area contributed by atoms with Crippen LogP contribution in [-0.4, -0.2) is 68.5 Å². The third-order valence-electron chi connectivity index (χ3n) is 4.70. The van der Waals surface area contributed by atoms with Crippen LogP contribution in [0, 0.1) is 0 Å². The second kappa shape index (κ2) is 8.04. The lowest BCUT2D eigenvalue weighted by Gasteiger charge is -2.34. The van der Waals surface area contributed by atoms with Crippen LogP contribution in [0.4, 0.5) is 5.69 Å². The van der Waals surface area contributed by atoms with E-state index in [1.165, 1.54) is 4.31 Å². The SMILES string of the molecule is C[C@@H]1CN(CC(=O)Nc2ccc(S(=O)(=O)N3CCCC3)cc2)C[C@@H](C)O1. The summed E-state index contributed by atoms with van der Waals surface area (Å²) in [6.45, 7) is 6.91. The van der Waals surface area contributed by atoms with E-state index < -0.39 is 10.0 Å². The van der Waals surface area contributed by atoms with Crippen molar-refractivity contribution in [3.05, 3.63) is 24.3 Å². The van der Waals surface area contributed by atoms with E-state index in [4.69, 9.17) is 4.74 Å². The molecule has 144 valence electrons. The molecule has 0 radical (unpaired) electrons. The van der Waals surface area contributed by atoms with Gasteiger partial charge in [0.1, 0.15) is 0 Å². The van der Waals surface area contributed by atoms with Gasteiger partial charge in [0.15, 0.2) is 0 Å². The quantitative estimate of drug-likeness (QED) is 0.837. The molecule has 1 aromatic carbocycles. The Morgan fingerprint density at radius 2 is 1.69 bits per heavy atom. The molecule has 2 saturated heterocycles. The monoisotopic (exact) mass is 381 g/mol. The van der Waals surface area contributed by atoms with Gasteiger partial charge in [0.05, 0.1) is 23.6 Å². The van der Waals surface area contributed by atoms with Gasteiger partial charge in [-0.3, -0.25) is 9.69 Å². The average Bonchev–Trinajstić information content (AvgIpc) is 3.09. The van der Waals surface area contributed by atoms with E-state index in [-0.39, 0.29) is 23.0 Å². The van der Waals surface area contributed by atoms with E-state index in [0.717, 1.165) is 25.9 Å². The molecule has 2 aliphatic heterocycles. The molecule has 8 heteroatoms. The van der Waals surface area contributed by atoms with Crippen LogP contribution < -0.4 is 5.32 Å². The molecular weight excluding hydrogens is 354 g/mol. The highest BCUT2D eigenvalue weighted by Gasteiger charge is 2.27. The van der Waals surface area contributed by atoms with E-state index in [1.807, 2.05) is 13.8 Å². The summed E-state index contributed by atoms with van der Waals surface area (Å²) in [4.78, 5) is 14.6. The maximum absolute atomic E-state index is 12.5. The second-order valence-corrected chi connectivity index (χ2v) is 9.07. The molecular formula is C18H27N3O4S. The van der Waals surface area contributed by atoms with Crippen LogP contribution in [0.15, 0.2) is 29.2 Å². The summed E-state index contributed by atoms with van der Waals surface area (Å²) in [6.07, 6.45) is 2.04. The summed E-state index contributed by atoms with van der Waals surface area (Å²) < 4.78 is 32.2. The molecule has 1 N–H and O–H groups in total. The number of ether oxygens (including phenoxy) is 1. The van der Waals surface area contributed by atoms with Gasteiger partial charge in [-0.1, -0.05) is 0 Å². The summed E-state index contributed by atoms with van der Waals surface area (Å²) in [6, 6.07) is 6.40. The first-order valence-corrected chi connectivity index (χ1v) is 10.6. The Balaban J connectivity index is 1.58. The number of carbonyl (C=O) groups is 1. The molecule has 0 unspecified atom stereocenters. The summed E-state index contributed by atoms with van der Waals surface area (Å²) in [5.41, 5.74) is 0.602. The third-order valence-corrected chi connectivity index (χ3v) is 6.62. The van der Waals surface area contributed by atoms with Crippen molar-refractivity contribution in [2.45, 2.75) is 43.8 Å². The van der Waals surface area contributed by atoms with Crippen molar-refractivity contribution in [2.24, 2.45) is 0 Å². The number of sulfonamides is 1. The van der Waals surface area contributed by atoms with E-state index in [1.54, 1.807) is 24.3 Å². The summed E-state index contributed by atoms with van der Waals surface area (Å²) in [5, 5.41) is 2.84. The number of benzene rings is 1. The molecule has 0 aliphatic carbocycles. The number of hydrogen-bond donors (Lipinski definition) is 1. The summed E-state index contributed by atoms with van der Waals surface area (Å²) >= 11 is 0. The predicted molar refractivity (Wildman–Crippen MR) is 99.5 cm³/mol. The first kappa shape index (κ1) is 19.3. The molecule has 1 aromatic rings. The van der Waals surface area contributed by atoms with Crippen molar-refractivity contribution in [1.29, 1.82) is 0 Å². The summed E-state index contributed by atoms with van der Waals surface area (Å²) in [5.74, 6) is -0.110. The molecule has 7 nitrogen and oxygen atoms in total.